The zero-order valence-electron chi connectivity index (χ0n) is 13.0. The summed E-state index contributed by atoms with van der Waals surface area (Å²) in [5, 5.41) is 9.11. The van der Waals surface area contributed by atoms with E-state index in [2.05, 4.69) is 37.2 Å². The molecule has 0 aliphatic carbocycles. The molecular formula is C17H16ClN5O. The van der Waals surface area contributed by atoms with Gasteiger partial charge in [-0.05, 0) is 37.1 Å². The number of aromatic nitrogens is 4. The van der Waals surface area contributed by atoms with Gasteiger partial charge in [0.2, 0.25) is 5.89 Å². The van der Waals surface area contributed by atoms with Gasteiger partial charge >= 0.3 is 0 Å². The molecule has 3 aromatic rings. The average molecular weight is 342 g/mol. The van der Waals surface area contributed by atoms with Gasteiger partial charge in [0.05, 0.1) is 12.2 Å². The van der Waals surface area contributed by atoms with Gasteiger partial charge in [0.25, 0.3) is 5.89 Å². The highest BCUT2D eigenvalue weighted by atomic mass is 35.5. The highest BCUT2D eigenvalue weighted by molar-refractivity contribution is 6.30. The van der Waals surface area contributed by atoms with Gasteiger partial charge in [0.1, 0.15) is 5.69 Å². The van der Waals surface area contributed by atoms with Crippen LogP contribution in [0.2, 0.25) is 5.02 Å². The van der Waals surface area contributed by atoms with E-state index in [4.69, 9.17) is 16.0 Å². The van der Waals surface area contributed by atoms with E-state index >= 15 is 0 Å². The summed E-state index contributed by atoms with van der Waals surface area (Å²) in [4.78, 5) is 10.6. The first-order chi connectivity index (χ1) is 11.8. The number of halogens is 1. The van der Waals surface area contributed by atoms with Crippen molar-refractivity contribution in [2.75, 3.05) is 6.54 Å². The summed E-state index contributed by atoms with van der Waals surface area (Å²) >= 11 is 5.96. The fourth-order valence-electron chi connectivity index (χ4n) is 3.00. The molecule has 0 radical (unpaired) electrons. The number of likely N-dealkylation sites (tertiary alicyclic amines) is 1. The molecule has 0 amide bonds. The molecule has 0 spiro atoms. The van der Waals surface area contributed by atoms with Crippen molar-refractivity contribution >= 4 is 11.6 Å². The molecule has 4 rings (SSSR count). The van der Waals surface area contributed by atoms with E-state index in [1.165, 1.54) is 5.56 Å². The van der Waals surface area contributed by atoms with Crippen LogP contribution in [-0.4, -0.2) is 31.6 Å². The number of hydrogen-bond acceptors (Lipinski definition) is 6. The van der Waals surface area contributed by atoms with Crippen LogP contribution in [-0.2, 0) is 6.54 Å². The Bertz CT molecular complexity index is 805. The molecule has 2 aromatic heterocycles. The zero-order valence-corrected chi connectivity index (χ0v) is 13.7. The van der Waals surface area contributed by atoms with Crippen LogP contribution in [0, 0.1) is 0 Å². The largest absolute Gasteiger partial charge is 0.417 e. The van der Waals surface area contributed by atoms with Crippen LogP contribution in [0.3, 0.4) is 0 Å². The molecule has 6 nitrogen and oxygen atoms in total. The van der Waals surface area contributed by atoms with Crippen molar-refractivity contribution in [1.29, 1.82) is 0 Å². The summed E-state index contributed by atoms with van der Waals surface area (Å²) in [6.07, 6.45) is 6.97. The Balaban J connectivity index is 1.52. The molecule has 122 valence electrons. The molecule has 1 fully saturated rings. The predicted octanol–water partition coefficient (Wildman–Crippen LogP) is 3.52. The number of hydrogen-bond donors (Lipinski definition) is 0. The SMILES string of the molecule is Clc1ccc(CN2CCCC2c2nnc(-c3cnccn3)o2)cc1. The van der Waals surface area contributed by atoms with Crippen molar-refractivity contribution in [3.63, 3.8) is 0 Å². The Kier molecular flexibility index (Phi) is 4.23. The molecule has 1 unspecified atom stereocenters. The normalized spacial score (nSPS) is 18.1. The molecule has 1 aliphatic rings. The minimum Gasteiger partial charge on any atom is -0.417 e. The quantitative estimate of drug-likeness (QED) is 0.723. The van der Waals surface area contributed by atoms with E-state index in [0.717, 1.165) is 31.0 Å². The molecule has 24 heavy (non-hydrogen) atoms. The Labute approximate surface area is 144 Å². The lowest BCUT2D eigenvalue weighted by Crippen LogP contribution is -2.23. The molecule has 1 saturated heterocycles. The van der Waals surface area contributed by atoms with Crippen molar-refractivity contribution in [2.24, 2.45) is 0 Å². The fraction of sp³-hybridized carbons (Fsp3) is 0.294. The van der Waals surface area contributed by atoms with Crippen molar-refractivity contribution < 1.29 is 4.42 Å². The predicted molar refractivity (Wildman–Crippen MR) is 89.2 cm³/mol. The third kappa shape index (κ3) is 3.16. The smallest absolute Gasteiger partial charge is 0.267 e. The average Bonchev–Trinajstić information content (AvgIpc) is 3.27. The van der Waals surface area contributed by atoms with E-state index in [1.807, 2.05) is 12.1 Å². The van der Waals surface area contributed by atoms with Gasteiger partial charge in [-0.3, -0.25) is 9.88 Å². The number of nitrogens with zero attached hydrogens (tertiary/aromatic N) is 5. The lowest BCUT2D eigenvalue weighted by molar-refractivity contribution is 0.215. The summed E-state index contributed by atoms with van der Waals surface area (Å²) in [7, 11) is 0. The second kappa shape index (κ2) is 6.67. The molecule has 1 aromatic carbocycles. The highest BCUT2D eigenvalue weighted by Crippen LogP contribution is 2.33. The van der Waals surface area contributed by atoms with Crippen molar-refractivity contribution in [3.05, 3.63) is 59.3 Å². The lowest BCUT2D eigenvalue weighted by Gasteiger charge is -2.21. The van der Waals surface area contributed by atoms with Crippen LogP contribution in [0.25, 0.3) is 11.6 Å². The molecule has 1 atom stereocenters. The second-order valence-electron chi connectivity index (χ2n) is 5.79. The summed E-state index contributed by atoms with van der Waals surface area (Å²) < 4.78 is 5.85. The van der Waals surface area contributed by atoms with Crippen molar-refractivity contribution in [3.8, 4) is 11.6 Å². The summed E-state index contributed by atoms with van der Waals surface area (Å²) in [6, 6.07) is 8.08. The molecular weight excluding hydrogens is 326 g/mol. The van der Waals surface area contributed by atoms with E-state index in [-0.39, 0.29) is 6.04 Å². The second-order valence-corrected chi connectivity index (χ2v) is 6.23. The zero-order chi connectivity index (χ0) is 16.4. The van der Waals surface area contributed by atoms with E-state index in [0.29, 0.717) is 17.5 Å². The maximum Gasteiger partial charge on any atom is 0.267 e. The molecule has 7 heteroatoms. The third-order valence-corrected chi connectivity index (χ3v) is 4.42. The van der Waals surface area contributed by atoms with E-state index < -0.39 is 0 Å². The van der Waals surface area contributed by atoms with Crippen LogP contribution in [0.5, 0.6) is 0 Å². The monoisotopic (exact) mass is 341 g/mol. The van der Waals surface area contributed by atoms with Crippen molar-refractivity contribution in [2.45, 2.75) is 25.4 Å². The topological polar surface area (TPSA) is 67.9 Å². The molecule has 0 N–H and O–H groups in total. The van der Waals surface area contributed by atoms with Gasteiger partial charge in [0.15, 0.2) is 0 Å². The van der Waals surface area contributed by atoms with Gasteiger partial charge in [-0.1, -0.05) is 23.7 Å². The fourth-order valence-corrected chi connectivity index (χ4v) is 3.13. The minimum absolute atomic E-state index is 0.138. The van der Waals surface area contributed by atoms with Crippen LogP contribution < -0.4 is 0 Å². The first-order valence-corrected chi connectivity index (χ1v) is 8.26. The maximum atomic E-state index is 5.96. The summed E-state index contributed by atoms with van der Waals surface area (Å²) in [5.41, 5.74) is 1.82. The Morgan fingerprint density at radius 1 is 1.17 bits per heavy atom. The molecule has 1 aliphatic heterocycles. The van der Waals surface area contributed by atoms with E-state index in [9.17, 15) is 0 Å². The number of rotatable bonds is 4. The standard InChI is InChI=1S/C17H16ClN5O/c18-13-5-3-12(4-6-13)11-23-9-1-2-15(23)17-22-21-16(24-17)14-10-19-7-8-20-14/h3-8,10,15H,1-2,9,11H2. The Morgan fingerprint density at radius 3 is 2.83 bits per heavy atom. The van der Waals surface area contributed by atoms with Gasteiger partial charge < -0.3 is 4.42 Å². The van der Waals surface area contributed by atoms with Crippen LogP contribution in [0.1, 0.15) is 30.3 Å². The van der Waals surface area contributed by atoms with Gasteiger partial charge in [0, 0.05) is 24.0 Å². The molecule has 3 heterocycles. The molecule has 0 saturated carbocycles. The van der Waals surface area contributed by atoms with E-state index in [1.54, 1.807) is 18.6 Å². The highest BCUT2D eigenvalue weighted by Gasteiger charge is 2.30. The summed E-state index contributed by atoms with van der Waals surface area (Å²) in [5.74, 6) is 1.05. The first-order valence-electron chi connectivity index (χ1n) is 7.88. The Hall–Kier alpha value is -2.31. The van der Waals surface area contributed by atoms with Crippen LogP contribution >= 0.6 is 11.6 Å². The van der Waals surface area contributed by atoms with Crippen LogP contribution in [0.4, 0.5) is 0 Å². The third-order valence-electron chi connectivity index (χ3n) is 4.17. The first kappa shape index (κ1) is 15.2. The van der Waals surface area contributed by atoms with Crippen LogP contribution in [0.15, 0.2) is 47.3 Å². The van der Waals surface area contributed by atoms with Gasteiger partial charge in [-0.25, -0.2) is 4.98 Å². The Morgan fingerprint density at radius 2 is 2.04 bits per heavy atom. The minimum atomic E-state index is 0.138. The van der Waals surface area contributed by atoms with Gasteiger partial charge in [-0.2, -0.15) is 0 Å². The van der Waals surface area contributed by atoms with Gasteiger partial charge in [-0.15, -0.1) is 10.2 Å². The van der Waals surface area contributed by atoms with Crippen molar-refractivity contribution in [1.82, 2.24) is 25.1 Å². The lowest BCUT2D eigenvalue weighted by atomic mass is 10.2. The summed E-state index contributed by atoms with van der Waals surface area (Å²) in [6.45, 7) is 1.85. The number of benzene rings is 1. The maximum absolute atomic E-state index is 5.96. The molecule has 0 bridgehead atoms.